The van der Waals surface area contributed by atoms with Crippen molar-refractivity contribution in [1.82, 2.24) is 0 Å². The van der Waals surface area contributed by atoms with Crippen molar-refractivity contribution in [3.05, 3.63) is 0 Å². The monoisotopic (exact) mass is 609 g/mol. The zero-order chi connectivity index (χ0) is 31.5. The molecule has 0 aliphatic carbocycles. The van der Waals surface area contributed by atoms with Crippen molar-refractivity contribution < 1.29 is 14.0 Å². The third-order valence-corrected chi connectivity index (χ3v) is 9.73. The Kier molecular flexibility index (Phi) is 33.9. The van der Waals surface area contributed by atoms with Gasteiger partial charge in [0.1, 0.15) is 13.2 Å². The number of rotatable bonds is 36. The maximum Gasteiger partial charge on any atom is 0.305 e. The minimum absolute atomic E-state index is 0.0254. The summed E-state index contributed by atoms with van der Waals surface area (Å²) < 4.78 is 6.82. The van der Waals surface area contributed by atoms with Crippen LogP contribution >= 0.6 is 0 Å². The quantitative estimate of drug-likeness (QED) is 0.0402. The van der Waals surface area contributed by atoms with E-state index in [0.29, 0.717) is 13.0 Å². The average Bonchev–Trinajstić information content (AvgIpc) is 3.00. The fourth-order valence-corrected chi connectivity index (χ4v) is 6.51. The molecule has 0 fully saturated rings. The predicted molar refractivity (Wildman–Crippen MR) is 192 cm³/mol. The molecule has 0 saturated carbocycles. The molecule has 0 aliphatic heterocycles. The smallest absolute Gasteiger partial charge is 0.305 e. The number of carbonyl (C=O) groups is 1. The molecule has 1 unspecified atom stereocenters. The molecular weight excluding hydrogens is 526 g/mol. The summed E-state index contributed by atoms with van der Waals surface area (Å²) in [5, 5.41) is 0. The van der Waals surface area contributed by atoms with Crippen LogP contribution < -0.4 is 0 Å². The molecule has 0 spiro atoms. The molecule has 0 heterocycles. The van der Waals surface area contributed by atoms with Gasteiger partial charge in [-0.1, -0.05) is 181 Å². The summed E-state index contributed by atoms with van der Waals surface area (Å²) in [7, 11) is 2.43. The van der Waals surface area contributed by atoms with Crippen molar-refractivity contribution in [3.8, 4) is 0 Å². The zero-order valence-electron chi connectivity index (χ0n) is 30.5. The Labute approximate surface area is 272 Å². The lowest BCUT2D eigenvalue weighted by Crippen LogP contribution is -2.48. The zero-order valence-corrected chi connectivity index (χ0v) is 30.5. The lowest BCUT2D eigenvalue weighted by atomic mass is 10.0. The van der Waals surface area contributed by atoms with Gasteiger partial charge in [0.15, 0.2) is 0 Å². The number of nitrogens with zero attached hydrogens (tertiary/aromatic N) is 1. The summed E-state index contributed by atoms with van der Waals surface area (Å²) in [4.78, 5) is 12.3. The Bertz CT molecular complexity index is 551. The van der Waals surface area contributed by atoms with Crippen molar-refractivity contribution in [2.45, 2.75) is 220 Å². The standard InChI is InChI=1S/C40H82NO2/c1-5-8-11-14-17-19-21-22-23-24-26-28-31-34-37-41(4,36-33-30-27-25-20-18-15-12-9-6-2)38-39-43-40(42)35-32-29-16-13-10-7-3/h5-39H2,1-4H3/q+1. The molecule has 43 heavy (non-hydrogen) atoms. The summed E-state index contributed by atoms with van der Waals surface area (Å²) in [5.41, 5.74) is 0. The van der Waals surface area contributed by atoms with Crippen LogP contribution in [0.2, 0.25) is 0 Å². The third kappa shape index (κ3) is 32.6. The Morgan fingerprint density at radius 2 is 0.674 bits per heavy atom. The van der Waals surface area contributed by atoms with E-state index in [9.17, 15) is 4.79 Å². The highest BCUT2D eigenvalue weighted by Crippen LogP contribution is 2.16. The minimum atomic E-state index is 0.0254. The number of likely N-dealkylation sites (N-methyl/N-ethyl adjacent to an activating group) is 1. The number of esters is 1. The van der Waals surface area contributed by atoms with Gasteiger partial charge in [0.2, 0.25) is 0 Å². The van der Waals surface area contributed by atoms with Crippen molar-refractivity contribution in [3.63, 3.8) is 0 Å². The maximum absolute atomic E-state index is 12.3. The highest BCUT2D eigenvalue weighted by Gasteiger charge is 2.21. The fraction of sp³-hybridized carbons (Fsp3) is 0.975. The second-order valence-corrected chi connectivity index (χ2v) is 14.3. The maximum atomic E-state index is 12.3. The average molecular weight is 609 g/mol. The molecule has 258 valence electrons. The number of carbonyl (C=O) groups excluding carboxylic acids is 1. The summed E-state index contributed by atoms with van der Waals surface area (Å²) >= 11 is 0. The summed E-state index contributed by atoms with van der Waals surface area (Å²) in [6, 6.07) is 0. The second-order valence-electron chi connectivity index (χ2n) is 14.3. The van der Waals surface area contributed by atoms with Crippen LogP contribution in [0.4, 0.5) is 0 Å². The second kappa shape index (κ2) is 34.3. The van der Waals surface area contributed by atoms with E-state index in [0.717, 1.165) is 17.4 Å². The molecule has 0 saturated heterocycles. The van der Waals surface area contributed by atoms with Crippen LogP contribution in [-0.2, 0) is 9.53 Å². The summed E-state index contributed by atoms with van der Waals surface area (Å²) in [6.45, 7) is 10.9. The van der Waals surface area contributed by atoms with Crippen molar-refractivity contribution >= 4 is 5.97 Å². The van der Waals surface area contributed by atoms with Crippen LogP contribution in [-0.4, -0.2) is 43.7 Å². The lowest BCUT2D eigenvalue weighted by Gasteiger charge is -2.34. The van der Waals surface area contributed by atoms with Gasteiger partial charge >= 0.3 is 5.97 Å². The van der Waals surface area contributed by atoms with Crippen molar-refractivity contribution in [2.24, 2.45) is 0 Å². The molecule has 0 bridgehead atoms. The molecule has 0 radical (unpaired) electrons. The van der Waals surface area contributed by atoms with E-state index >= 15 is 0 Å². The van der Waals surface area contributed by atoms with Gasteiger partial charge in [0.25, 0.3) is 0 Å². The lowest BCUT2D eigenvalue weighted by molar-refractivity contribution is -0.910. The topological polar surface area (TPSA) is 26.3 Å². The van der Waals surface area contributed by atoms with Crippen LogP contribution in [0.1, 0.15) is 220 Å². The number of ether oxygens (including phenoxy) is 1. The van der Waals surface area contributed by atoms with Gasteiger partial charge in [-0.2, -0.15) is 0 Å². The number of quaternary nitrogens is 1. The molecule has 3 heteroatoms. The third-order valence-electron chi connectivity index (χ3n) is 9.73. The molecule has 0 aromatic heterocycles. The molecule has 0 aromatic rings. The number of hydrogen-bond acceptors (Lipinski definition) is 2. The summed E-state index contributed by atoms with van der Waals surface area (Å²) in [6.07, 6.45) is 41.7. The van der Waals surface area contributed by atoms with Gasteiger partial charge in [0, 0.05) is 6.42 Å². The van der Waals surface area contributed by atoms with E-state index in [2.05, 4.69) is 27.8 Å². The Hall–Kier alpha value is -0.570. The molecule has 0 aliphatic rings. The van der Waals surface area contributed by atoms with Crippen LogP contribution in [0, 0.1) is 0 Å². The van der Waals surface area contributed by atoms with Gasteiger partial charge in [-0.3, -0.25) is 4.79 Å². The van der Waals surface area contributed by atoms with E-state index in [4.69, 9.17) is 4.74 Å². The Morgan fingerprint density at radius 1 is 0.395 bits per heavy atom. The van der Waals surface area contributed by atoms with Gasteiger partial charge in [-0.25, -0.2) is 0 Å². The first-order chi connectivity index (χ1) is 21.1. The largest absolute Gasteiger partial charge is 0.460 e. The molecule has 0 rings (SSSR count). The number of unbranched alkanes of at least 4 members (excludes halogenated alkanes) is 27. The van der Waals surface area contributed by atoms with Gasteiger partial charge in [-0.05, 0) is 32.1 Å². The first kappa shape index (κ1) is 42.4. The first-order valence-electron chi connectivity index (χ1n) is 20.1. The van der Waals surface area contributed by atoms with Gasteiger partial charge < -0.3 is 9.22 Å². The highest BCUT2D eigenvalue weighted by molar-refractivity contribution is 5.69. The normalized spacial score (nSPS) is 12.9. The first-order valence-corrected chi connectivity index (χ1v) is 20.1. The Morgan fingerprint density at radius 3 is 1.00 bits per heavy atom. The van der Waals surface area contributed by atoms with E-state index in [1.807, 2.05) is 0 Å². The molecule has 1 atom stereocenters. The van der Waals surface area contributed by atoms with Crippen LogP contribution in [0.5, 0.6) is 0 Å². The fourth-order valence-electron chi connectivity index (χ4n) is 6.51. The van der Waals surface area contributed by atoms with Crippen LogP contribution in [0.3, 0.4) is 0 Å². The highest BCUT2D eigenvalue weighted by atomic mass is 16.5. The molecule has 0 aromatic carbocycles. The Balaban J connectivity index is 4.15. The van der Waals surface area contributed by atoms with E-state index in [1.165, 1.54) is 199 Å². The van der Waals surface area contributed by atoms with Crippen LogP contribution in [0.25, 0.3) is 0 Å². The SMILES string of the molecule is CCCCCCCCCCCCCCCC[N+](C)(CCCCCCCCCCCC)CCOC(=O)CCCCCCCC. The van der Waals surface area contributed by atoms with Crippen LogP contribution in [0.15, 0.2) is 0 Å². The van der Waals surface area contributed by atoms with Crippen molar-refractivity contribution in [2.75, 3.05) is 33.3 Å². The molecule has 0 N–H and O–H groups in total. The van der Waals surface area contributed by atoms with E-state index in [-0.39, 0.29) is 5.97 Å². The predicted octanol–water partition coefficient (Wildman–Crippen LogP) is 13.1. The van der Waals surface area contributed by atoms with Gasteiger partial charge in [-0.15, -0.1) is 0 Å². The molecule has 3 nitrogen and oxygen atoms in total. The minimum Gasteiger partial charge on any atom is -0.460 e. The van der Waals surface area contributed by atoms with Gasteiger partial charge in [0.05, 0.1) is 20.1 Å². The molecular formula is C40H82NO2+. The van der Waals surface area contributed by atoms with Crippen molar-refractivity contribution in [1.29, 1.82) is 0 Å². The van der Waals surface area contributed by atoms with E-state index < -0.39 is 0 Å². The number of hydrogen-bond donors (Lipinski definition) is 0. The summed E-state index contributed by atoms with van der Waals surface area (Å²) in [5.74, 6) is 0.0254. The van der Waals surface area contributed by atoms with E-state index in [1.54, 1.807) is 0 Å². The molecule has 0 amide bonds.